The Bertz CT molecular complexity index is 1320. The van der Waals surface area contributed by atoms with Gasteiger partial charge in [0.05, 0.1) is 18.4 Å². The van der Waals surface area contributed by atoms with Gasteiger partial charge in [-0.25, -0.2) is 4.90 Å². The number of aryl methyl sites for hydroxylation is 2. The lowest BCUT2D eigenvalue weighted by Crippen LogP contribution is -2.32. The van der Waals surface area contributed by atoms with Crippen molar-refractivity contribution in [2.75, 3.05) is 35.3 Å². The normalized spacial score (nSPS) is 15.9. The lowest BCUT2D eigenvalue weighted by atomic mass is 10.0. The van der Waals surface area contributed by atoms with Crippen LogP contribution in [0.5, 0.6) is 5.75 Å². The summed E-state index contributed by atoms with van der Waals surface area (Å²) in [5.41, 5.74) is 5.70. The second-order valence-corrected chi connectivity index (χ2v) is 9.03. The van der Waals surface area contributed by atoms with Gasteiger partial charge in [0.15, 0.2) is 0 Å². The molecular formula is C29H29N3O3. The third kappa shape index (κ3) is 4.16. The van der Waals surface area contributed by atoms with Crippen molar-refractivity contribution in [1.82, 2.24) is 0 Å². The van der Waals surface area contributed by atoms with Crippen LogP contribution in [0, 0.1) is 13.8 Å². The smallest absolute Gasteiger partial charge is 0.282 e. The number of ether oxygens (including phenoxy) is 1. The van der Waals surface area contributed by atoms with Gasteiger partial charge in [0, 0.05) is 30.0 Å². The molecule has 35 heavy (non-hydrogen) atoms. The quantitative estimate of drug-likeness (QED) is 0.498. The number of hydrogen-bond acceptors (Lipinski definition) is 5. The van der Waals surface area contributed by atoms with E-state index in [1.165, 1.54) is 17.7 Å². The summed E-state index contributed by atoms with van der Waals surface area (Å²) in [6, 6.07) is 20.9. The predicted octanol–water partition coefficient (Wildman–Crippen LogP) is 5.31. The summed E-state index contributed by atoms with van der Waals surface area (Å²) >= 11 is 0. The number of hydrogen-bond donors (Lipinski definition) is 1. The number of rotatable bonds is 6. The van der Waals surface area contributed by atoms with E-state index in [1.807, 2.05) is 56.3 Å². The third-order valence-electron chi connectivity index (χ3n) is 6.82. The fraction of sp³-hybridized carbons (Fsp3) is 0.241. The van der Waals surface area contributed by atoms with E-state index in [9.17, 15) is 9.59 Å². The topological polar surface area (TPSA) is 61.9 Å². The average molecular weight is 468 g/mol. The molecule has 0 radical (unpaired) electrons. The number of methoxy groups -OCH3 is 1. The molecule has 0 atom stereocenters. The first-order valence-corrected chi connectivity index (χ1v) is 11.9. The van der Waals surface area contributed by atoms with Gasteiger partial charge in [-0.1, -0.05) is 24.3 Å². The Hall–Kier alpha value is -4.06. The SMILES string of the molecule is COc1ccccc1C1=C(Nc2ccc(N3CCCC3)cc2)C(=O)N(c2ccc(C)c(C)c2)C1=O. The molecule has 3 aromatic carbocycles. The van der Waals surface area contributed by atoms with Crippen LogP contribution in [0.25, 0.3) is 5.57 Å². The predicted molar refractivity (Wildman–Crippen MR) is 140 cm³/mol. The number of anilines is 3. The molecular weight excluding hydrogens is 438 g/mol. The van der Waals surface area contributed by atoms with E-state index in [0.717, 1.165) is 35.6 Å². The maximum absolute atomic E-state index is 13.8. The van der Waals surface area contributed by atoms with Crippen LogP contribution in [-0.2, 0) is 9.59 Å². The van der Waals surface area contributed by atoms with Crippen LogP contribution in [0.2, 0.25) is 0 Å². The number of carbonyl (C=O) groups excluding carboxylic acids is 2. The number of para-hydroxylation sites is 1. The fourth-order valence-electron chi connectivity index (χ4n) is 4.72. The van der Waals surface area contributed by atoms with Crippen molar-refractivity contribution in [3.05, 3.63) is 89.1 Å². The average Bonchev–Trinajstić information content (AvgIpc) is 3.49. The molecule has 6 heteroatoms. The number of imide groups is 1. The fourth-order valence-corrected chi connectivity index (χ4v) is 4.72. The van der Waals surface area contributed by atoms with E-state index < -0.39 is 0 Å². The van der Waals surface area contributed by atoms with Crippen LogP contribution < -0.4 is 19.9 Å². The van der Waals surface area contributed by atoms with Gasteiger partial charge in [0.25, 0.3) is 11.8 Å². The number of nitrogens with one attached hydrogen (secondary N) is 1. The summed E-state index contributed by atoms with van der Waals surface area (Å²) in [5.74, 6) is -0.226. The molecule has 2 aliphatic rings. The second kappa shape index (κ2) is 9.29. The Morgan fingerprint density at radius 2 is 1.49 bits per heavy atom. The lowest BCUT2D eigenvalue weighted by Gasteiger charge is -2.18. The number of carbonyl (C=O) groups is 2. The van der Waals surface area contributed by atoms with E-state index in [4.69, 9.17) is 4.74 Å². The zero-order valence-electron chi connectivity index (χ0n) is 20.3. The zero-order chi connectivity index (χ0) is 24.5. The molecule has 1 saturated heterocycles. The minimum atomic E-state index is -0.386. The molecule has 0 spiro atoms. The number of nitrogens with zero attached hydrogens (tertiary/aromatic N) is 2. The summed E-state index contributed by atoms with van der Waals surface area (Å²) in [5, 5.41) is 3.26. The molecule has 1 fully saturated rings. The lowest BCUT2D eigenvalue weighted by molar-refractivity contribution is -0.120. The minimum Gasteiger partial charge on any atom is -0.496 e. The van der Waals surface area contributed by atoms with Crippen LogP contribution >= 0.6 is 0 Å². The van der Waals surface area contributed by atoms with Crippen molar-refractivity contribution in [3.63, 3.8) is 0 Å². The number of benzene rings is 3. The second-order valence-electron chi connectivity index (χ2n) is 9.03. The highest BCUT2D eigenvalue weighted by molar-refractivity contribution is 6.46. The highest BCUT2D eigenvalue weighted by Gasteiger charge is 2.41. The summed E-state index contributed by atoms with van der Waals surface area (Å²) in [6.07, 6.45) is 2.42. The molecule has 0 unspecified atom stereocenters. The van der Waals surface area contributed by atoms with E-state index in [2.05, 4.69) is 22.3 Å². The molecule has 3 aromatic rings. The molecule has 2 aliphatic heterocycles. The molecule has 0 bridgehead atoms. The Balaban J connectivity index is 1.56. The van der Waals surface area contributed by atoms with E-state index in [0.29, 0.717) is 22.6 Å². The van der Waals surface area contributed by atoms with Gasteiger partial charge in [-0.3, -0.25) is 9.59 Å². The number of amides is 2. The molecule has 178 valence electrons. The van der Waals surface area contributed by atoms with Gasteiger partial charge < -0.3 is 15.0 Å². The van der Waals surface area contributed by atoms with Crippen LogP contribution in [0.4, 0.5) is 17.1 Å². The van der Waals surface area contributed by atoms with Gasteiger partial charge in [0.1, 0.15) is 11.4 Å². The van der Waals surface area contributed by atoms with Crippen molar-refractivity contribution in [2.24, 2.45) is 0 Å². The molecule has 0 saturated carbocycles. The Labute approximate surface area is 205 Å². The Kier molecular flexibility index (Phi) is 6.03. The molecule has 5 rings (SSSR count). The van der Waals surface area contributed by atoms with Gasteiger partial charge in [0.2, 0.25) is 0 Å². The molecule has 6 nitrogen and oxygen atoms in total. The molecule has 0 aliphatic carbocycles. The van der Waals surface area contributed by atoms with Gasteiger partial charge in [-0.15, -0.1) is 0 Å². The van der Waals surface area contributed by atoms with Crippen LogP contribution in [0.15, 0.2) is 72.4 Å². The summed E-state index contributed by atoms with van der Waals surface area (Å²) in [7, 11) is 1.56. The summed E-state index contributed by atoms with van der Waals surface area (Å²) < 4.78 is 5.54. The summed E-state index contributed by atoms with van der Waals surface area (Å²) in [4.78, 5) is 31.1. The molecule has 2 heterocycles. The molecule has 2 amide bonds. The highest BCUT2D eigenvalue weighted by atomic mass is 16.5. The Morgan fingerprint density at radius 1 is 0.800 bits per heavy atom. The van der Waals surface area contributed by atoms with E-state index >= 15 is 0 Å². The highest BCUT2D eigenvalue weighted by Crippen LogP contribution is 2.38. The van der Waals surface area contributed by atoms with Crippen LogP contribution in [0.1, 0.15) is 29.5 Å². The van der Waals surface area contributed by atoms with Crippen LogP contribution in [-0.4, -0.2) is 32.0 Å². The first-order chi connectivity index (χ1) is 17.0. The van der Waals surface area contributed by atoms with E-state index in [1.54, 1.807) is 19.2 Å². The zero-order valence-corrected chi connectivity index (χ0v) is 20.3. The van der Waals surface area contributed by atoms with Gasteiger partial charge in [-0.2, -0.15) is 0 Å². The van der Waals surface area contributed by atoms with Crippen molar-refractivity contribution < 1.29 is 14.3 Å². The largest absolute Gasteiger partial charge is 0.496 e. The first kappa shape index (κ1) is 22.7. The maximum atomic E-state index is 13.8. The molecule has 0 aromatic heterocycles. The molecule has 1 N–H and O–H groups in total. The monoisotopic (exact) mass is 467 g/mol. The van der Waals surface area contributed by atoms with Crippen molar-refractivity contribution >= 4 is 34.4 Å². The van der Waals surface area contributed by atoms with Gasteiger partial charge >= 0.3 is 0 Å². The van der Waals surface area contributed by atoms with Crippen molar-refractivity contribution in [1.29, 1.82) is 0 Å². The maximum Gasteiger partial charge on any atom is 0.282 e. The minimum absolute atomic E-state index is 0.242. The van der Waals surface area contributed by atoms with Crippen LogP contribution in [0.3, 0.4) is 0 Å². The van der Waals surface area contributed by atoms with Crippen molar-refractivity contribution in [3.8, 4) is 5.75 Å². The standard InChI is InChI=1S/C29H29N3O3/c1-19-10-13-23(18-20(19)2)32-28(33)26(24-8-4-5-9-25(24)35-3)27(29(32)34)30-21-11-14-22(15-12-21)31-16-6-7-17-31/h4-5,8-15,18,30H,6-7,16-17H2,1-3H3. The first-order valence-electron chi connectivity index (χ1n) is 11.9. The Morgan fingerprint density at radius 3 is 2.17 bits per heavy atom. The van der Waals surface area contributed by atoms with Crippen molar-refractivity contribution in [2.45, 2.75) is 26.7 Å². The summed E-state index contributed by atoms with van der Waals surface area (Å²) in [6.45, 7) is 6.10. The van der Waals surface area contributed by atoms with E-state index in [-0.39, 0.29) is 17.5 Å². The van der Waals surface area contributed by atoms with Gasteiger partial charge in [-0.05, 0) is 80.3 Å². The third-order valence-corrected chi connectivity index (χ3v) is 6.82.